The van der Waals surface area contributed by atoms with E-state index < -0.39 is 0 Å². The van der Waals surface area contributed by atoms with Crippen LogP contribution in [0, 0.1) is 0 Å². The highest BCUT2D eigenvalue weighted by Crippen LogP contribution is 2.09. The molecule has 6 nitrogen and oxygen atoms in total. The van der Waals surface area contributed by atoms with Crippen molar-refractivity contribution in [2.45, 2.75) is 0 Å². The maximum absolute atomic E-state index is 12.3. The molecular weight excluding hydrogens is 242 g/mol. The molecule has 6 heteroatoms. The van der Waals surface area contributed by atoms with Crippen LogP contribution in [-0.4, -0.2) is 51.8 Å². The van der Waals surface area contributed by atoms with Crippen molar-refractivity contribution in [2.24, 2.45) is 0 Å². The van der Waals surface area contributed by atoms with Gasteiger partial charge >= 0.3 is 0 Å². The number of nitrogens with one attached hydrogen (secondary N) is 1. The Labute approximate surface area is 111 Å². The molecule has 0 aromatic carbocycles. The Balaban J connectivity index is 1.84. The SMILES string of the molecule is O=C(c1cc(-n2cccn2)ccn1)N1CCNCC1. The number of pyridine rings is 1. The Bertz CT molecular complexity index is 560. The zero-order valence-electron chi connectivity index (χ0n) is 10.5. The van der Waals surface area contributed by atoms with Crippen LogP contribution in [0.4, 0.5) is 0 Å². The van der Waals surface area contributed by atoms with E-state index in [9.17, 15) is 4.79 Å². The number of carbonyl (C=O) groups excluding carboxylic acids is 1. The van der Waals surface area contributed by atoms with Crippen LogP contribution in [0.5, 0.6) is 0 Å². The van der Waals surface area contributed by atoms with Gasteiger partial charge in [-0.05, 0) is 18.2 Å². The topological polar surface area (TPSA) is 63.1 Å². The van der Waals surface area contributed by atoms with Gasteiger partial charge in [-0.2, -0.15) is 5.10 Å². The van der Waals surface area contributed by atoms with E-state index in [-0.39, 0.29) is 5.91 Å². The highest BCUT2D eigenvalue weighted by Gasteiger charge is 2.19. The number of nitrogens with zero attached hydrogens (tertiary/aromatic N) is 4. The summed E-state index contributed by atoms with van der Waals surface area (Å²) in [6, 6.07) is 5.46. The van der Waals surface area contributed by atoms with Crippen LogP contribution in [-0.2, 0) is 0 Å². The van der Waals surface area contributed by atoms with Crippen LogP contribution < -0.4 is 5.32 Å². The molecule has 1 N–H and O–H groups in total. The van der Waals surface area contributed by atoms with Crippen LogP contribution in [0.3, 0.4) is 0 Å². The van der Waals surface area contributed by atoms with Gasteiger partial charge in [-0.1, -0.05) is 0 Å². The van der Waals surface area contributed by atoms with E-state index >= 15 is 0 Å². The van der Waals surface area contributed by atoms with Gasteiger partial charge in [0.2, 0.25) is 0 Å². The van der Waals surface area contributed by atoms with Crippen molar-refractivity contribution in [3.8, 4) is 5.69 Å². The Kier molecular flexibility index (Phi) is 3.24. The molecule has 1 amide bonds. The Morgan fingerprint density at radius 2 is 2.11 bits per heavy atom. The molecular formula is C13H15N5O. The van der Waals surface area contributed by atoms with Crippen LogP contribution in [0.25, 0.3) is 5.69 Å². The fourth-order valence-electron chi connectivity index (χ4n) is 2.13. The number of rotatable bonds is 2. The minimum absolute atomic E-state index is 0.0180. The second-order valence-electron chi connectivity index (χ2n) is 4.39. The lowest BCUT2D eigenvalue weighted by atomic mass is 10.2. The Hall–Kier alpha value is -2.21. The summed E-state index contributed by atoms with van der Waals surface area (Å²) in [5.41, 5.74) is 1.31. The number of carbonyl (C=O) groups is 1. The van der Waals surface area contributed by atoms with Crippen molar-refractivity contribution in [3.63, 3.8) is 0 Å². The Morgan fingerprint density at radius 1 is 1.26 bits per heavy atom. The molecule has 0 saturated carbocycles. The summed E-state index contributed by atoms with van der Waals surface area (Å²) >= 11 is 0. The second-order valence-corrected chi connectivity index (χ2v) is 4.39. The minimum atomic E-state index is -0.0180. The molecule has 3 heterocycles. The maximum Gasteiger partial charge on any atom is 0.272 e. The van der Waals surface area contributed by atoms with Crippen molar-refractivity contribution in [2.75, 3.05) is 26.2 Å². The van der Waals surface area contributed by atoms with Crippen LogP contribution >= 0.6 is 0 Å². The first-order chi connectivity index (χ1) is 9.34. The lowest BCUT2D eigenvalue weighted by Gasteiger charge is -2.27. The third-order valence-corrected chi connectivity index (χ3v) is 3.14. The molecule has 1 aliphatic heterocycles. The first-order valence-electron chi connectivity index (χ1n) is 6.31. The van der Waals surface area contributed by atoms with Gasteiger partial charge in [0.15, 0.2) is 0 Å². The summed E-state index contributed by atoms with van der Waals surface area (Å²) in [4.78, 5) is 18.3. The van der Waals surface area contributed by atoms with Gasteiger partial charge in [0.05, 0.1) is 5.69 Å². The molecule has 1 saturated heterocycles. The predicted molar refractivity (Wildman–Crippen MR) is 70.1 cm³/mol. The van der Waals surface area contributed by atoms with E-state index in [4.69, 9.17) is 0 Å². The zero-order chi connectivity index (χ0) is 13.1. The summed E-state index contributed by atoms with van der Waals surface area (Å²) in [6.07, 6.45) is 5.19. The molecule has 2 aromatic heterocycles. The zero-order valence-corrected chi connectivity index (χ0v) is 10.5. The molecule has 2 aromatic rings. The van der Waals surface area contributed by atoms with Crippen molar-refractivity contribution in [1.29, 1.82) is 0 Å². The molecule has 0 atom stereocenters. The van der Waals surface area contributed by atoms with Crippen LogP contribution in [0.15, 0.2) is 36.8 Å². The molecule has 98 valence electrons. The molecule has 1 aliphatic rings. The summed E-state index contributed by atoms with van der Waals surface area (Å²) < 4.78 is 1.72. The van der Waals surface area contributed by atoms with E-state index in [1.54, 1.807) is 23.1 Å². The second kappa shape index (κ2) is 5.19. The average Bonchev–Trinajstić information content (AvgIpc) is 3.02. The fourth-order valence-corrected chi connectivity index (χ4v) is 2.13. The molecule has 0 bridgehead atoms. The molecule has 0 aliphatic carbocycles. The highest BCUT2D eigenvalue weighted by molar-refractivity contribution is 5.92. The van der Waals surface area contributed by atoms with Crippen LogP contribution in [0.2, 0.25) is 0 Å². The smallest absolute Gasteiger partial charge is 0.272 e. The van der Waals surface area contributed by atoms with Crippen LogP contribution in [0.1, 0.15) is 10.5 Å². The first-order valence-corrected chi connectivity index (χ1v) is 6.31. The third-order valence-electron chi connectivity index (χ3n) is 3.14. The largest absolute Gasteiger partial charge is 0.335 e. The number of piperazine rings is 1. The predicted octanol–water partition coefficient (Wildman–Crippen LogP) is 0.313. The van der Waals surface area contributed by atoms with Gasteiger partial charge in [-0.3, -0.25) is 9.78 Å². The maximum atomic E-state index is 12.3. The van der Waals surface area contributed by atoms with Gasteiger partial charge < -0.3 is 10.2 Å². The highest BCUT2D eigenvalue weighted by atomic mass is 16.2. The van der Waals surface area contributed by atoms with Gasteiger partial charge in [-0.15, -0.1) is 0 Å². The summed E-state index contributed by atoms with van der Waals surface area (Å²) in [5.74, 6) is -0.0180. The van der Waals surface area contributed by atoms with Gasteiger partial charge in [-0.25, -0.2) is 4.68 Å². The van der Waals surface area contributed by atoms with Crippen molar-refractivity contribution >= 4 is 5.91 Å². The van der Waals surface area contributed by atoms with Gasteiger partial charge in [0.1, 0.15) is 5.69 Å². The minimum Gasteiger partial charge on any atom is -0.335 e. The van der Waals surface area contributed by atoms with Crippen molar-refractivity contribution in [3.05, 3.63) is 42.5 Å². The normalized spacial score (nSPS) is 15.5. The monoisotopic (exact) mass is 257 g/mol. The lowest BCUT2D eigenvalue weighted by Crippen LogP contribution is -2.46. The summed E-state index contributed by atoms with van der Waals surface area (Å²) in [5, 5.41) is 7.38. The quantitative estimate of drug-likeness (QED) is 0.841. The molecule has 0 radical (unpaired) electrons. The summed E-state index contributed by atoms with van der Waals surface area (Å²) in [7, 11) is 0. The summed E-state index contributed by atoms with van der Waals surface area (Å²) in [6.45, 7) is 3.13. The van der Waals surface area contributed by atoms with Crippen molar-refractivity contribution in [1.82, 2.24) is 25.0 Å². The molecule has 0 spiro atoms. The van der Waals surface area contributed by atoms with E-state index in [1.165, 1.54) is 0 Å². The van der Waals surface area contributed by atoms with E-state index in [0.717, 1.165) is 31.9 Å². The van der Waals surface area contributed by atoms with Crippen molar-refractivity contribution < 1.29 is 4.79 Å². The standard InChI is InChI=1S/C13H15N5O/c19-13(17-8-5-14-6-9-17)12-10-11(2-4-15-12)18-7-1-3-16-18/h1-4,7,10,14H,5-6,8-9H2. The number of amides is 1. The first kappa shape index (κ1) is 11.9. The Morgan fingerprint density at radius 3 is 2.84 bits per heavy atom. The molecule has 0 unspecified atom stereocenters. The van der Waals surface area contributed by atoms with Gasteiger partial charge in [0.25, 0.3) is 5.91 Å². The lowest BCUT2D eigenvalue weighted by molar-refractivity contribution is 0.0730. The average molecular weight is 257 g/mol. The molecule has 3 rings (SSSR count). The third kappa shape index (κ3) is 2.48. The number of hydrogen-bond donors (Lipinski definition) is 1. The van der Waals surface area contributed by atoms with E-state index in [2.05, 4.69) is 15.4 Å². The van der Waals surface area contributed by atoms with Gasteiger partial charge in [0, 0.05) is 44.8 Å². The van der Waals surface area contributed by atoms with E-state index in [0.29, 0.717) is 5.69 Å². The molecule has 1 fully saturated rings. The fraction of sp³-hybridized carbons (Fsp3) is 0.308. The number of aromatic nitrogens is 3. The number of hydrogen-bond acceptors (Lipinski definition) is 4. The van der Waals surface area contributed by atoms with E-state index in [1.807, 2.05) is 23.2 Å². The molecule has 19 heavy (non-hydrogen) atoms.